The first kappa shape index (κ1) is 15.0. The first-order valence-electron chi connectivity index (χ1n) is 5.91. The molecule has 0 spiro atoms. The minimum absolute atomic E-state index is 0.217. The van der Waals surface area contributed by atoms with Gasteiger partial charge in [-0.15, -0.1) is 0 Å². The molecular formula is C13H19BrN2O2. The van der Waals surface area contributed by atoms with Gasteiger partial charge in [-0.1, -0.05) is 29.3 Å². The maximum absolute atomic E-state index is 11.9. The summed E-state index contributed by atoms with van der Waals surface area (Å²) in [5.74, 6) is -0.267. The van der Waals surface area contributed by atoms with E-state index in [9.17, 15) is 9.90 Å². The highest BCUT2D eigenvalue weighted by atomic mass is 79.9. The van der Waals surface area contributed by atoms with Crippen molar-refractivity contribution < 1.29 is 9.90 Å². The molecule has 5 heteroatoms. The molecule has 1 unspecified atom stereocenters. The Morgan fingerprint density at radius 1 is 1.56 bits per heavy atom. The van der Waals surface area contributed by atoms with E-state index in [2.05, 4.69) is 21.2 Å². The number of hydrogen-bond acceptors (Lipinski definition) is 3. The summed E-state index contributed by atoms with van der Waals surface area (Å²) in [5.41, 5.74) is 5.72. The molecule has 0 heterocycles. The number of nitrogen functional groups attached to an aromatic ring is 1. The monoisotopic (exact) mass is 314 g/mol. The topological polar surface area (TPSA) is 75.3 Å². The largest absolute Gasteiger partial charge is 0.398 e. The zero-order valence-electron chi connectivity index (χ0n) is 10.7. The predicted molar refractivity (Wildman–Crippen MR) is 76.4 cm³/mol. The van der Waals surface area contributed by atoms with Gasteiger partial charge in [-0.3, -0.25) is 4.79 Å². The maximum atomic E-state index is 11.9. The van der Waals surface area contributed by atoms with Gasteiger partial charge in [0.05, 0.1) is 11.2 Å². The Bertz CT molecular complexity index is 433. The van der Waals surface area contributed by atoms with Gasteiger partial charge >= 0.3 is 0 Å². The van der Waals surface area contributed by atoms with Gasteiger partial charge in [-0.25, -0.2) is 0 Å². The second-order valence-corrected chi connectivity index (χ2v) is 5.58. The maximum Gasteiger partial charge on any atom is 0.253 e. The van der Waals surface area contributed by atoms with Crippen LogP contribution in [0.1, 0.15) is 37.0 Å². The first-order valence-corrected chi connectivity index (χ1v) is 6.70. The molecular weight excluding hydrogens is 296 g/mol. The van der Waals surface area contributed by atoms with E-state index in [4.69, 9.17) is 5.73 Å². The Balaban J connectivity index is 2.66. The molecule has 0 aliphatic rings. The van der Waals surface area contributed by atoms with Crippen molar-refractivity contribution in [3.8, 4) is 0 Å². The lowest BCUT2D eigenvalue weighted by Gasteiger charge is -2.23. The second-order valence-electron chi connectivity index (χ2n) is 4.66. The third-order valence-corrected chi connectivity index (χ3v) is 3.17. The number of carbonyl (C=O) groups excluding carboxylic acids is 1. The highest BCUT2D eigenvalue weighted by Crippen LogP contribution is 2.18. The van der Waals surface area contributed by atoms with E-state index in [1.54, 1.807) is 25.1 Å². The van der Waals surface area contributed by atoms with E-state index in [1.807, 2.05) is 6.92 Å². The Kier molecular flexibility index (Phi) is 5.16. The molecule has 0 aliphatic carbocycles. The highest BCUT2D eigenvalue weighted by molar-refractivity contribution is 9.10. The fraction of sp³-hybridized carbons (Fsp3) is 0.462. The number of carbonyl (C=O) groups is 1. The standard InChI is InChI=1S/C13H19BrN2O2/c1-3-6-13(2,18)8-16-12(17)10-5-4-9(14)7-11(10)15/h4-5,7,18H,3,6,8,15H2,1-2H3,(H,16,17). The molecule has 1 aromatic rings. The average Bonchev–Trinajstić information content (AvgIpc) is 2.26. The fourth-order valence-corrected chi connectivity index (χ4v) is 2.11. The Labute approximate surface area is 116 Å². The molecule has 1 rings (SSSR count). The second kappa shape index (κ2) is 6.20. The summed E-state index contributed by atoms with van der Waals surface area (Å²) < 4.78 is 0.828. The van der Waals surface area contributed by atoms with Gasteiger partial charge in [0.15, 0.2) is 0 Å². The van der Waals surface area contributed by atoms with Crippen LogP contribution >= 0.6 is 15.9 Å². The lowest BCUT2D eigenvalue weighted by atomic mass is 10.0. The van der Waals surface area contributed by atoms with Crippen LogP contribution in [0.5, 0.6) is 0 Å². The summed E-state index contributed by atoms with van der Waals surface area (Å²) in [6.07, 6.45) is 1.51. The average molecular weight is 315 g/mol. The molecule has 0 aliphatic heterocycles. The van der Waals surface area contributed by atoms with E-state index in [0.717, 1.165) is 10.9 Å². The molecule has 1 atom stereocenters. The number of amides is 1. The highest BCUT2D eigenvalue weighted by Gasteiger charge is 2.20. The van der Waals surface area contributed by atoms with Gasteiger partial charge in [0, 0.05) is 16.7 Å². The summed E-state index contributed by atoms with van der Waals surface area (Å²) in [6, 6.07) is 5.10. The van der Waals surface area contributed by atoms with Crippen LogP contribution in [0.4, 0.5) is 5.69 Å². The van der Waals surface area contributed by atoms with Crippen molar-refractivity contribution in [2.24, 2.45) is 0 Å². The van der Waals surface area contributed by atoms with Crippen LogP contribution in [-0.4, -0.2) is 23.2 Å². The predicted octanol–water partition coefficient (Wildman–Crippen LogP) is 2.31. The van der Waals surface area contributed by atoms with Gasteiger partial charge in [-0.2, -0.15) is 0 Å². The molecule has 100 valence electrons. The molecule has 0 fully saturated rings. The van der Waals surface area contributed by atoms with E-state index in [0.29, 0.717) is 17.7 Å². The molecule has 0 saturated heterocycles. The number of aliphatic hydroxyl groups is 1. The van der Waals surface area contributed by atoms with E-state index >= 15 is 0 Å². The molecule has 0 aromatic heterocycles. The lowest BCUT2D eigenvalue weighted by Crippen LogP contribution is -2.40. The van der Waals surface area contributed by atoms with Crippen LogP contribution in [0, 0.1) is 0 Å². The zero-order valence-corrected chi connectivity index (χ0v) is 12.3. The number of nitrogens with two attached hydrogens (primary N) is 1. The van der Waals surface area contributed by atoms with Gasteiger partial charge < -0.3 is 16.2 Å². The Morgan fingerprint density at radius 2 is 2.22 bits per heavy atom. The number of anilines is 1. The van der Waals surface area contributed by atoms with Gasteiger partial charge in [0.1, 0.15) is 0 Å². The van der Waals surface area contributed by atoms with Gasteiger partial charge in [-0.05, 0) is 31.5 Å². The van der Waals surface area contributed by atoms with Crippen molar-refractivity contribution >= 4 is 27.5 Å². The van der Waals surface area contributed by atoms with Crippen LogP contribution in [0.2, 0.25) is 0 Å². The Morgan fingerprint density at radius 3 is 2.78 bits per heavy atom. The van der Waals surface area contributed by atoms with E-state index in [-0.39, 0.29) is 12.5 Å². The minimum atomic E-state index is -0.880. The minimum Gasteiger partial charge on any atom is -0.398 e. The first-order chi connectivity index (χ1) is 8.35. The summed E-state index contributed by atoms with van der Waals surface area (Å²) in [6.45, 7) is 3.92. The molecule has 0 bridgehead atoms. The molecule has 1 aromatic carbocycles. The van der Waals surface area contributed by atoms with Crippen molar-refractivity contribution in [1.29, 1.82) is 0 Å². The van der Waals surface area contributed by atoms with Gasteiger partial charge in [0.2, 0.25) is 0 Å². The van der Waals surface area contributed by atoms with Crippen molar-refractivity contribution in [3.63, 3.8) is 0 Å². The van der Waals surface area contributed by atoms with Crippen molar-refractivity contribution in [3.05, 3.63) is 28.2 Å². The van der Waals surface area contributed by atoms with Crippen LogP contribution in [0.15, 0.2) is 22.7 Å². The van der Waals surface area contributed by atoms with E-state index < -0.39 is 5.60 Å². The zero-order chi connectivity index (χ0) is 13.8. The molecule has 4 nitrogen and oxygen atoms in total. The third-order valence-electron chi connectivity index (χ3n) is 2.68. The number of nitrogens with one attached hydrogen (secondary N) is 1. The Hall–Kier alpha value is -1.07. The van der Waals surface area contributed by atoms with Crippen LogP contribution in [0.25, 0.3) is 0 Å². The smallest absolute Gasteiger partial charge is 0.253 e. The summed E-state index contributed by atoms with van der Waals surface area (Å²) in [5, 5.41) is 12.7. The van der Waals surface area contributed by atoms with Crippen LogP contribution in [-0.2, 0) is 0 Å². The van der Waals surface area contributed by atoms with Crippen molar-refractivity contribution in [1.82, 2.24) is 5.32 Å². The summed E-state index contributed by atoms with van der Waals surface area (Å²) in [4.78, 5) is 11.9. The lowest BCUT2D eigenvalue weighted by molar-refractivity contribution is 0.0470. The normalized spacial score (nSPS) is 14.0. The van der Waals surface area contributed by atoms with Crippen LogP contribution < -0.4 is 11.1 Å². The molecule has 0 saturated carbocycles. The summed E-state index contributed by atoms with van der Waals surface area (Å²) >= 11 is 3.28. The fourth-order valence-electron chi connectivity index (χ4n) is 1.73. The third kappa shape index (κ3) is 4.31. The molecule has 18 heavy (non-hydrogen) atoms. The number of rotatable bonds is 5. The number of halogens is 1. The van der Waals surface area contributed by atoms with E-state index in [1.165, 1.54) is 0 Å². The molecule has 4 N–H and O–H groups in total. The summed E-state index contributed by atoms with van der Waals surface area (Å²) in [7, 11) is 0. The molecule has 0 radical (unpaired) electrons. The number of benzene rings is 1. The SMILES string of the molecule is CCCC(C)(O)CNC(=O)c1ccc(Br)cc1N. The van der Waals surface area contributed by atoms with Crippen molar-refractivity contribution in [2.75, 3.05) is 12.3 Å². The quantitative estimate of drug-likeness (QED) is 0.730. The van der Waals surface area contributed by atoms with Gasteiger partial charge in [0.25, 0.3) is 5.91 Å². The molecule has 1 amide bonds. The number of hydrogen-bond donors (Lipinski definition) is 3. The van der Waals surface area contributed by atoms with Crippen LogP contribution in [0.3, 0.4) is 0 Å². The van der Waals surface area contributed by atoms with Crippen molar-refractivity contribution in [2.45, 2.75) is 32.3 Å².